The van der Waals surface area contributed by atoms with Crippen LogP contribution in [0, 0.1) is 0 Å². The zero-order chi connectivity index (χ0) is 12.1. The van der Waals surface area contributed by atoms with E-state index in [1.54, 1.807) is 12.1 Å². The van der Waals surface area contributed by atoms with Crippen LogP contribution in [-0.4, -0.2) is 11.7 Å². The van der Waals surface area contributed by atoms with Crippen LogP contribution in [0.2, 0.25) is 10.0 Å². The van der Waals surface area contributed by atoms with E-state index in [0.717, 1.165) is 5.56 Å². The van der Waals surface area contributed by atoms with Gasteiger partial charge in [-0.2, -0.15) is 0 Å². The average molecular weight is 279 g/mol. The first-order chi connectivity index (χ1) is 7.54. The van der Waals surface area contributed by atoms with Crippen LogP contribution in [0.25, 0.3) is 0 Å². The Labute approximate surface area is 109 Å². The summed E-state index contributed by atoms with van der Waals surface area (Å²) in [6.45, 7) is 3.94. The van der Waals surface area contributed by atoms with Gasteiger partial charge in [0.2, 0.25) is 0 Å². The van der Waals surface area contributed by atoms with Gasteiger partial charge < -0.3 is 4.74 Å². The van der Waals surface area contributed by atoms with E-state index in [1.165, 1.54) is 18.7 Å². The maximum Gasteiger partial charge on any atom is 0.186 e. The zero-order valence-electron chi connectivity index (χ0n) is 9.05. The van der Waals surface area contributed by atoms with Crippen LogP contribution in [0.3, 0.4) is 0 Å². The van der Waals surface area contributed by atoms with Crippen molar-refractivity contribution in [3.63, 3.8) is 0 Å². The van der Waals surface area contributed by atoms with Crippen molar-refractivity contribution < 1.29 is 9.53 Å². The highest BCUT2D eigenvalue weighted by molar-refractivity contribution is 8.12. The summed E-state index contributed by atoms with van der Waals surface area (Å²) in [5.74, 6) is 1.10. The SMILES string of the molecule is CCOc1cc(Cl)c(CSC(C)=O)cc1Cl. The number of benzene rings is 1. The molecule has 1 aromatic rings. The van der Waals surface area contributed by atoms with Gasteiger partial charge in [0.15, 0.2) is 5.12 Å². The van der Waals surface area contributed by atoms with Crippen LogP contribution in [0.1, 0.15) is 19.4 Å². The van der Waals surface area contributed by atoms with Gasteiger partial charge in [-0.3, -0.25) is 4.79 Å². The smallest absolute Gasteiger partial charge is 0.186 e. The molecule has 5 heteroatoms. The van der Waals surface area contributed by atoms with Gasteiger partial charge in [0.05, 0.1) is 11.6 Å². The van der Waals surface area contributed by atoms with E-state index in [4.69, 9.17) is 27.9 Å². The lowest BCUT2D eigenvalue weighted by atomic mass is 10.2. The number of rotatable bonds is 4. The molecule has 0 radical (unpaired) electrons. The van der Waals surface area contributed by atoms with Gasteiger partial charge in [-0.15, -0.1) is 0 Å². The van der Waals surface area contributed by atoms with Crippen molar-refractivity contribution in [3.8, 4) is 5.75 Å². The number of thioether (sulfide) groups is 1. The molecule has 0 atom stereocenters. The second-order valence-corrected chi connectivity index (χ2v) is 5.05. The molecule has 0 bridgehead atoms. The Balaban J connectivity index is 2.87. The molecular weight excluding hydrogens is 267 g/mol. The van der Waals surface area contributed by atoms with Crippen molar-refractivity contribution >= 4 is 40.1 Å². The molecule has 0 N–H and O–H groups in total. The summed E-state index contributed by atoms with van der Waals surface area (Å²) in [5.41, 5.74) is 0.843. The third kappa shape index (κ3) is 3.89. The summed E-state index contributed by atoms with van der Waals surface area (Å²) in [6, 6.07) is 3.42. The second-order valence-electron chi connectivity index (χ2n) is 3.09. The highest BCUT2D eigenvalue weighted by Crippen LogP contribution is 2.33. The summed E-state index contributed by atoms with van der Waals surface area (Å²) in [5, 5.41) is 1.15. The van der Waals surface area contributed by atoms with Crippen LogP contribution in [0.4, 0.5) is 0 Å². The molecule has 0 fully saturated rings. The van der Waals surface area contributed by atoms with Gasteiger partial charge >= 0.3 is 0 Å². The number of hydrogen-bond donors (Lipinski definition) is 0. The lowest BCUT2D eigenvalue weighted by Crippen LogP contribution is -1.94. The Hall–Kier alpha value is -0.380. The van der Waals surface area contributed by atoms with Gasteiger partial charge in [0.25, 0.3) is 0 Å². The number of halogens is 2. The summed E-state index contributed by atoms with van der Waals surface area (Å²) in [7, 11) is 0. The normalized spacial score (nSPS) is 10.2. The third-order valence-corrected chi connectivity index (χ3v) is 3.34. The van der Waals surface area contributed by atoms with Crippen molar-refractivity contribution in [1.82, 2.24) is 0 Å². The highest BCUT2D eigenvalue weighted by Gasteiger charge is 2.09. The van der Waals surface area contributed by atoms with E-state index < -0.39 is 0 Å². The molecular formula is C11H12Cl2O2S. The van der Waals surface area contributed by atoms with Crippen LogP contribution in [-0.2, 0) is 10.5 Å². The number of hydrogen-bond acceptors (Lipinski definition) is 3. The average Bonchev–Trinajstić information content (AvgIpc) is 2.21. The number of carbonyl (C=O) groups excluding carboxylic acids is 1. The Bertz CT molecular complexity index is 394. The van der Waals surface area contributed by atoms with Crippen molar-refractivity contribution in [2.24, 2.45) is 0 Å². The van der Waals surface area contributed by atoms with Crippen LogP contribution >= 0.6 is 35.0 Å². The third-order valence-electron chi connectivity index (χ3n) is 1.83. The Morgan fingerprint density at radius 1 is 1.38 bits per heavy atom. The molecule has 0 saturated carbocycles. The van der Waals surface area contributed by atoms with E-state index in [-0.39, 0.29) is 5.12 Å². The molecule has 0 spiro atoms. The van der Waals surface area contributed by atoms with E-state index in [0.29, 0.717) is 28.2 Å². The highest BCUT2D eigenvalue weighted by atomic mass is 35.5. The summed E-state index contributed by atoms with van der Waals surface area (Å²) in [6.07, 6.45) is 0. The molecule has 0 aliphatic carbocycles. The lowest BCUT2D eigenvalue weighted by molar-refractivity contribution is -0.109. The molecule has 2 nitrogen and oxygen atoms in total. The maximum atomic E-state index is 10.8. The quantitative estimate of drug-likeness (QED) is 0.827. The van der Waals surface area contributed by atoms with Crippen molar-refractivity contribution in [1.29, 1.82) is 0 Å². The maximum absolute atomic E-state index is 10.8. The Morgan fingerprint density at radius 3 is 2.62 bits per heavy atom. The molecule has 0 saturated heterocycles. The minimum Gasteiger partial charge on any atom is -0.492 e. The van der Waals surface area contributed by atoms with Gasteiger partial charge in [0.1, 0.15) is 5.75 Å². The summed E-state index contributed by atoms with van der Waals surface area (Å²) < 4.78 is 5.31. The van der Waals surface area contributed by atoms with E-state index in [2.05, 4.69) is 0 Å². The standard InChI is InChI=1S/C11H12Cl2O2S/c1-3-15-11-5-9(12)8(4-10(11)13)6-16-7(2)14/h4-5H,3,6H2,1-2H3. The molecule has 0 amide bonds. The fraction of sp³-hybridized carbons (Fsp3) is 0.364. The summed E-state index contributed by atoms with van der Waals surface area (Å²) >= 11 is 13.3. The van der Waals surface area contributed by atoms with Crippen molar-refractivity contribution in [2.45, 2.75) is 19.6 Å². The van der Waals surface area contributed by atoms with Gasteiger partial charge in [-0.1, -0.05) is 35.0 Å². The monoisotopic (exact) mass is 278 g/mol. The molecule has 0 aliphatic heterocycles. The predicted molar refractivity (Wildman–Crippen MR) is 69.6 cm³/mol. The van der Waals surface area contributed by atoms with E-state index in [1.807, 2.05) is 6.92 Å². The van der Waals surface area contributed by atoms with Crippen LogP contribution in [0.15, 0.2) is 12.1 Å². The Kier molecular flexibility index (Phi) is 5.46. The van der Waals surface area contributed by atoms with Crippen LogP contribution < -0.4 is 4.74 Å². The lowest BCUT2D eigenvalue weighted by Gasteiger charge is -2.09. The zero-order valence-corrected chi connectivity index (χ0v) is 11.4. The second kappa shape index (κ2) is 6.38. The minimum atomic E-state index is 0.0565. The molecule has 0 unspecified atom stereocenters. The topological polar surface area (TPSA) is 26.3 Å². The van der Waals surface area contributed by atoms with Gasteiger partial charge in [-0.05, 0) is 18.6 Å². The van der Waals surface area contributed by atoms with Gasteiger partial charge in [0, 0.05) is 23.8 Å². The van der Waals surface area contributed by atoms with Crippen molar-refractivity contribution in [2.75, 3.05) is 6.61 Å². The molecule has 0 aliphatic rings. The minimum absolute atomic E-state index is 0.0565. The van der Waals surface area contributed by atoms with Crippen LogP contribution in [0.5, 0.6) is 5.75 Å². The Morgan fingerprint density at radius 2 is 2.06 bits per heavy atom. The van der Waals surface area contributed by atoms with E-state index in [9.17, 15) is 4.79 Å². The molecule has 0 heterocycles. The molecule has 1 rings (SSSR count). The fourth-order valence-electron chi connectivity index (χ4n) is 1.13. The molecule has 0 aromatic heterocycles. The largest absolute Gasteiger partial charge is 0.492 e. The molecule has 88 valence electrons. The van der Waals surface area contributed by atoms with Gasteiger partial charge in [-0.25, -0.2) is 0 Å². The first-order valence-electron chi connectivity index (χ1n) is 4.78. The van der Waals surface area contributed by atoms with Crippen molar-refractivity contribution in [3.05, 3.63) is 27.7 Å². The first kappa shape index (κ1) is 13.7. The predicted octanol–water partition coefficient (Wildman–Crippen LogP) is 4.17. The first-order valence-corrected chi connectivity index (χ1v) is 6.52. The summed E-state index contributed by atoms with van der Waals surface area (Å²) in [4.78, 5) is 10.8. The fourth-order valence-corrected chi connectivity index (χ4v) is 2.26. The molecule has 1 aromatic carbocycles. The molecule has 16 heavy (non-hydrogen) atoms. The van der Waals surface area contributed by atoms with E-state index >= 15 is 0 Å². The number of ether oxygens (including phenoxy) is 1. The number of carbonyl (C=O) groups is 1.